The third kappa shape index (κ3) is 1.05. The van der Waals surface area contributed by atoms with Crippen molar-refractivity contribution in [3.05, 3.63) is 12.2 Å². The van der Waals surface area contributed by atoms with E-state index in [1.165, 1.54) is 7.11 Å². The van der Waals surface area contributed by atoms with Gasteiger partial charge in [0.15, 0.2) is 0 Å². The fraction of sp³-hybridized carbons (Fsp3) is 0.727. The number of methoxy groups -OCH3 is 1. The van der Waals surface area contributed by atoms with Crippen LogP contribution >= 0.6 is 0 Å². The van der Waals surface area contributed by atoms with E-state index in [1.807, 2.05) is 0 Å². The van der Waals surface area contributed by atoms with Crippen LogP contribution in [-0.2, 0) is 14.3 Å². The van der Waals surface area contributed by atoms with E-state index in [2.05, 4.69) is 12.2 Å². The molecule has 76 valence electrons. The molecule has 0 aromatic rings. The average molecular weight is 194 g/mol. The first-order chi connectivity index (χ1) is 6.81. The number of ether oxygens (including phenoxy) is 2. The van der Waals surface area contributed by atoms with Gasteiger partial charge in [-0.1, -0.05) is 12.2 Å². The van der Waals surface area contributed by atoms with E-state index >= 15 is 0 Å². The normalized spacial score (nSPS) is 48.2. The fourth-order valence-electron chi connectivity index (χ4n) is 3.11. The van der Waals surface area contributed by atoms with Crippen LogP contribution in [0.25, 0.3) is 0 Å². The summed E-state index contributed by atoms with van der Waals surface area (Å²) in [7, 11) is 1.48. The summed E-state index contributed by atoms with van der Waals surface area (Å²) in [5, 5.41) is 0. The van der Waals surface area contributed by atoms with Crippen LogP contribution in [0.2, 0.25) is 0 Å². The van der Waals surface area contributed by atoms with E-state index < -0.39 is 0 Å². The molecular weight excluding hydrogens is 180 g/mol. The van der Waals surface area contributed by atoms with Gasteiger partial charge in [0.05, 0.1) is 25.7 Å². The molecule has 0 spiro atoms. The van der Waals surface area contributed by atoms with Crippen molar-refractivity contribution in [2.75, 3.05) is 13.7 Å². The predicted octanol–water partition coefficient (Wildman–Crippen LogP) is 0.996. The van der Waals surface area contributed by atoms with E-state index in [-0.39, 0.29) is 11.9 Å². The first-order valence-corrected chi connectivity index (χ1v) is 5.19. The van der Waals surface area contributed by atoms with Gasteiger partial charge in [0.2, 0.25) is 0 Å². The molecule has 0 unspecified atom stereocenters. The molecule has 3 aliphatic rings. The van der Waals surface area contributed by atoms with Crippen LogP contribution in [0, 0.1) is 23.7 Å². The number of allylic oxidation sites excluding steroid dienone is 2. The van der Waals surface area contributed by atoms with Crippen LogP contribution in [0.1, 0.15) is 6.42 Å². The molecule has 0 N–H and O–H groups in total. The monoisotopic (exact) mass is 194 g/mol. The lowest BCUT2D eigenvalue weighted by Gasteiger charge is -2.24. The molecule has 1 saturated heterocycles. The van der Waals surface area contributed by atoms with Crippen LogP contribution in [0.5, 0.6) is 0 Å². The van der Waals surface area contributed by atoms with Crippen molar-refractivity contribution >= 4 is 5.97 Å². The Balaban J connectivity index is 1.86. The molecule has 1 heterocycles. The summed E-state index contributed by atoms with van der Waals surface area (Å²) in [6, 6.07) is 0. The highest BCUT2D eigenvalue weighted by Gasteiger charge is 2.54. The Kier molecular flexibility index (Phi) is 1.71. The molecule has 2 aliphatic carbocycles. The van der Waals surface area contributed by atoms with Crippen molar-refractivity contribution in [3.63, 3.8) is 0 Å². The molecule has 2 bridgehead atoms. The maximum atomic E-state index is 11.6. The Hall–Kier alpha value is -0.830. The maximum absolute atomic E-state index is 11.6. The van der Waals surface area contributed by atoms with E-state index in [9.17, 15) is 4.79 Å². The second kappa shape index (κ2) is 2.83. The molecule has 3 rings (SSSR count). The van der Waals surface area contributed by atoms with Crippen LogP contribution < -0.4 is 0 Å². The van der Waals surface area contributed by atoms with Crippen LogP contribution in [-0.4, -0.2) is 25.8 Å². The first-order valence-electron chi connectivity index (χ1n) is 5.19. The van der Waals surface area contributed by atoms with E-state index in [0.717, 1.165) is 13.0 Å². The average Bonchev–Trinajstić information content (AvgIpc) is 2.85. The summed E-state index contributed by atoms with van der Waals surface area (Å²) in [5.41, 5.74) is 0. The van der Waals surface area contributed by atoms with Crippen LogP contribution in [0.15, 0.2) is 12.2 Å². The number of rotatable bonds is 2. The number of carbonyl (C=O) groups is 1. The van der Waals surface area contributed by atoms with E-state index in [1.54, 1.807) is 0 Å². The number of carbonyl (C=O) groups excluding carboxylic acids is 1. The zero-order valence-corrected chi connectivity index (χ0v) is 8.18. The number of epoxide rings is 1. The summed E-state index contributed by atoms with van der Waals surface area (Å²) in [5.74, 6) is 1.35. The van der Waals surface area contributed by atoms with Crippen LogP contribution in [0.4, 0.5) is 0 Å². The third-order valence-electron chi connectivity index (χ3n) is 3.78. The minimum atomic E-state index is -0.0534. The molecule has 0 aromatic carbocycles. The molecule has 0 radical (unpaired) electrons. The summed E-state index contributed by atoms with van der Waals surface area (Å²) in [6.07, 6.45) is 5.85. The number of hydrogen-bond donors (Lipinski definition) is 0. The number of hydrogen-bond acceptors (Lipinski definition) is 3. The molecule has 1 saturated carbocycles. The van der Waals surface area contributed by atoms with Crippen molar-refractivity contribution in [3.8, 4) is 0 Å². The second-order valence-electron chi connectivity index (χ2n) is 4.45. The minimum absolute atomic E-state index is 0.0534. The Morgan fingerprint density at radius 3 is 2.79 bits per heavy atom. The van der Waals surface area contributed by atoms with Crippen molar-refractivity contribution in [1.29, 1.82) is 0 Å². The largest absolute Gasteiger partial charge is 0.469 e. The quantitative estimate of drug-likeness (QED) is 0.374. The van der Waals surface area contributed by atoms with Gasteiger partial charge in [-0.3, -0.25) is 4.79 Å². The van der Waals surface area contributed by atoms with Crippen molar-refractivity contribution < 1.29 is 14.3 Å². The molecule has 1 aliphatic heterocycles. The second-order valence-corrected chi connectivity index (χ2v) is 4.45. The van der Waals surface area contributed by atoms with Gasteiger partial charge in [-0.05, 0) is 18.3 Å². The summed E-state index contributed by atoms with van der Waals surface area (Å²) in [4.78, 5) is 11.6. The van der Waals surface area contributed by atoms with Gasteiger partial charge < -0.3 is 9.47 Å². The molecule has 3 nitrogen and oxygen atoms in total. The maximum Gasteiger partial charge on any atom is 0.309 e. The lowest BCUT2D eigenvalue weighted by molar-refractivity contribution is -0.148. The topological polar surface area (TPSA) is 38.8 Å². The number of esters is 1. The van der Waals surface area contributed by atoms with Crippen molar-refractivity contribution in [2.24, 2.45) is 23.7 Å². The molecular formula is C11H14O3. The van der Waals surface area contributed by atoms with Gasteiger partial charge in [-0.2, -0.15) is 0 Å². The highest BCUT2D eigenvalue weighted by atomic mass is 16.6. The van der Waals surface area contributed by atoms with Gasteiger partial charge >= 0.3 is 5.97 Å². The molecule has 0 amide bonds. The predicted molar refractivity (Wildman–Crippen MR) is 49.5 cm³/mol. The van der Waals surface area contributed by atoms with Crippen LogP contribution in [0.3, 0.4) is 0 Å². The number of fused-ring (bicyclic) bond motifs is 2. The lowest BCUT2D eigenvalue weighted by Crippen LogP contribution is -2.31. The minimum Gasteiger partial charge on any atom is -0.469 e. The van der Waals surface area contributed by atoms with Gasteiger partial charge in [0, 0.05) is 5.92 Å². The van der Waals surface area contributed by atoms with Gasteiger partial charge in [0.1, 0.15) is 0 Å². The standard InChI is InChI=1S/C11H14O3/c1-13-11(12)10-7-3-2-6(4-7)9(10)8-5-14-8/h2-3,6-10H,4-5H2,1H3/t6-,7+,8+,9+,10-/m0/s1. The molecule has 3 heteroatoms. The Bertz CT molecular complexity index is 293. The Morgan fingerprint density at radius 1 is 1.43 bits per heavy atom. The Labute approximate surface area is 83.1 Å². The van der Waals surface area contributed by atoms with Crippen molar-refractivity contribution in [2.45, 2.75) is 12.5 Å². The van der Waals surface area contributed by atoms with E-state index in [0.29, 0.717) is 23.9 Å². The molecule has 2 fully saturated rings. The zero-order chi connectivity index (χ0) is 9.71. The van der Waals surface area contributed by atoms with Gasteiger partial charge in [-0.25, -0.2) is 0 Å². The summed E-state index contributed by atoms with van der Waals surface area (Å²) in [6.45, 7) is 0.829. The van der Waals surface area contributed by atoms with Crippen molar-refractivity contribution in [1.82, 2.24) is 0 Å². The summed E-state index contributed by atoms with van der Waals surface area (Å²) < 4.78 is 10.2. The Morgan fingerprint density at radius 2 is 2.14 bits per heavy atom. The van der Waals surface area contributed by atoms with E-state index in [4.69, 9.17) is 9.47 Å². The third-order valence-corrected chi connectivity index (χ3v) is 3.78. The highest BCUT2D eigenvalue weighted by Crippen LogP contribution is 2.52. The molecule has 14 heavy (non-hydrogen) atoms. The SMILES string of the molecule is COC(=O)[C@@H]1[C@@H]([C@H]2CO2)[C@H]2C=C[C@@H]1C2. The highest BCUT2D eigenvalue weighted by molar-refractivity contribution is 5.74. The van der Waals surface area contributed by atoms with Gasteiger partial charge in [-0.15, -0.1) is 0 Å². The summed E-state index contributed by atoms with van der Waals surface area (Å²) >= 11 is 0. The lowest BCUT2D eigenvalue weighted by atomic mass is 9.81. The first kappa shape index (κ1) is 8.48. The molecule has 0 aromatic heterocycles. The zero-order valence-electron chi connectivity index (χ0n) is 8.18. The molecule has 5 atom stereocenters. The smallest absolute Gasteiger partial charge is 0.309 e. The fourth-order valence-corrected chi connectivity index (χ4v) is 3.11. The van der Waals surface area contributed by atoms with Gasteiger partial charge in [0.25, 0.3) is 0 Å².